The zero-order chi connectivity index (χ0) is 23.7. The van der Waals surface area contributed by atoms with E-state index in [2.05, 4.69) is 15.3 Å². The highest BCUT2D eigenvalue weighted by molar-refractivity contribution is 7.93. The van der Waals surface area contributed by atoms with Gasteiger partial charge in [-0.1, -0.05) is 11.6 Å². The third-order valence-electron chi connectivity index (χ3n) is 4.34. The van der Waals surface area contributed by atoms with Crippen LogP contribution in [-0.4, -0.2) is 65.3 Å². The van der Waals surface area contributed by atoms with Crippen LogP contribution < -0.4 is 9.62 Å². The molecule has 2 amide bonds. The first-order valence-electron chi connectivity index (χ1n) is 9.45. The normalized spacial score (nSPS) is 16.6. The summed E-state index contributed by atoms with van der Waals surface area (Å²) in [6.07, 6.45) is -0.502. The lowest BCUT2D eigenvalue weighted by Crippen LogP contribution is -2.41. The van der Waals surface area contributed by atoms with Crippen LogP contribution in [0.1, 0.15) is 27.2 Å². The van der Waals surface area contributed by atoms with Gasteiger partial charge in [-0.3, -0.25) is 0 Å². The van der Waals surface area contributed by atoms with Crippen LogP contribution >= 0.6 is 22.9 Å². The number of sulfonamides is 1. The summed E-state index contributed by atoms with van der Waals surface area (Å²) in [6, 6.07) is 0.951. The number of nitrogens with zero attached hydrogens (tertiary/aromatic N) is 4. The maximum absolute atomic E-state index is 13.3. The fraction of sp³-hybridized carbons (Fsp3) is 0.444. The molecule has 0 aliphatic carbocycles. The van der Waals surface area contributed by atoms with Gasteiger partial charge in [-0.25, -0.2) is 28.0 Å². The van der Waals surface area contributed by atoms with Crippen LogP contribution in [0.4, 0.5) is 21.2 Å². The number of rotatable bonds is 5. The van der Waals surface area contributed by atoms with Crippen molar-refractivity contribution in [3.05, 3.63) is 28.2 Å². The lowest BCUT2D eigenvalue weighted by Gasteiger charge is -2.25. The summed E-state index contributed by atoms with van der Waals surface area (Å²) in [4.78, 5) is 32.7. The average Bonchev–Trinajstić information content (AvgIpc) is 3.34. The molecule has 0 radical (unpaired) electrons. The fourth-order valence-electron chi connectivity index (χ4n) is 2.94. The van der Waals surface area contributed by atoms with Gasteiger partial charge in [0.2, 0.25) is 0 Å². The average molecular weight is 504 g/mol. The van der Waals surface area contributed by atoms with Crippen molar-refractivity contribution < 1.29 is 27.9 Å². The van der Waals surface area contributed by atoms with Crippen LogP contribution in [0.25, 0.3) is 0 Å². The highest BCUT2D eigenvalue weighted by atomic mass is 35.5. The number of amides is 2. The maximum Gasteiger partial charge on any atom is 0.430 e. The molecule has 0 saturated carbocycles. The molecule has 11 nitrogen and oxygen atoms in total. The number of carbonyl (C=O) groups excluding carboxylic acids is 1. The quantitative estimate of drug-likeness (QED) is 0.626. The Morgan fingerprint density at radius 3 is 2.62 bits per heavy atom. The summed E-state index contributed by atoms with van der Waals surface area (Å²) >= 11 is 7.38. The Balaban J connectivity index is 1.87. The van der Waals surface area contributed by atoms with Gasteiger partial charge in [0.15, 0.2) is 5.82 Å². The number of nitrogens with one attached hydrogen (secondary N) is 1. The smallest absolute Gasteiger partial charge is 0.430 e. The molecule has 3 heterocycles. The first-order valence-corrected chi connectivity index (χ1v) is 12.2. The fourth-order valence-corrected chi connectivity index (χ4v) is 5.06. The van der Waals surface area contributed by atoms with Crippen LogP contribution in [0.2, 0.25) is 5.02 Å². The number of ether oxygens (including phenoxy) is 1. The van der Waals surface area contributed by atoms with Gasteiger partial charge < -0.3 is 20.1 Å². The van der Waals surface area contributed by atoms with Crippen LogP contribution in [0.3, 0.4) is 0 Å². The minimum absolute atomic E-state index is 0.00210. The summed E-state index contributed by atoms with van der Waals surface area (Å²) in [5.41, 5.74) is 0.456. The molecular formula is C18H22ClN5O6S2. The Hall–Kier alpha value is -2.64. The van der Waals surface area contributed by atoms with E-state index in [1.807, 2.05) is 0 Å². The number of halogens is 1. The van der Waals surface area contributed by atoms with Gasteiger partial charge in [-0.15, -0.1) is 15.6 Å². The number of pyridine rings is 1. The molecule has 2 N–H and O–H groups in total. The lowest BCUT2D eigenvalue weighted by molar-refractivity contribution is 0.0608. The van der Waals surface area contributed by atoms with Crippen LogP contribution in [0.15, 0.2) is 28.0 Å². The van der Waals surface area contributed by atoms with Crippen molar-refractivity contribution in [2.75, 3.05) is 22.7 Å². The van der Waals surface area contributed by atoms with Crippen LogP contribution in [0, 0.1) is 0 Å². The third kappa shape index (κ3) is 5.40. The summed E-state index contributed by atoms with van der Waals surface area (Å²) in [5.74, 6) is 0.0997. The maximum atomic E-state index is 13.3. The van der Waals surface area contributed by atoms with Crippen molar-refractivity contribution in [2.24, 2.45) is 0 Å². The van der Waals surface area contributed by atoms with Crippen molar-refractivity contribution in [3.8, 4) is 0 Å². The molecule has 14 heteroatoms. The van der Waals surface area contributed by atoms with Crippen LogP contribution in [0.5, 0.6) is 0 Å². The molecule has 3 rings (SSSR count). The van der Waals surface area contributed by atoms with E-state index >= 15 is 0 Å². The van der Waals surface area contributed by atoms with Gasteiger partial charge >= 0.3 is 12.2 Å². The highest BCUT2D eigenvalue weighted by Gasteiger charge is 2.36. The molecule has 0 aromatic carbocycles. The van der Waals surface area contributed by atoms with E-state index in [1.54, 1.807) is 20.8 Å². The monoisotopic (exact) mass is 503 g/mol. The zero-order valence-electron chi connectivity index (χ0n) is 17.5. The Morgan fingerprint density at radius 2 is 2.09 bits per heavy atom. The number of carboxylic acid groups (broad SMARTS) is 1. The minimum atomic E-state index is -4.44. The van der Waals surface area contributed by atoms with E-state index < -0.39 is 27.8 Å². The highest BCUT2D eigenvalue weighted by Crippen LogP contribution is 2.30. The Morgan fingerprint density at radius 1 is 1.38 bits per heavy atom. The zero-order valence-corrected chi connectivity index (χ0v) is 19.9. The van der Waals surface area contributed by atoms with Gasteiger partial charge in [-0.05, 0) is 33.3 Å². The predicted molar refractivity (Wildman–Crippen MR) is 119 cm³/mol. The molecule has 2 aromatic heterocycles. The van der Waals surface area contributed by atoms with E-state index in [4.69, 9.17) is 21.4 Å². The molecule has 1 atom stereocenters. The largest absolute Gasteiger partial charge is 0.465 e. The number of hydrogen-bond acceptors (Lipinski definition) is 9. The number of carbonyl (C=O) groups is 2. The van der Waals surface area contributed by atoms with Gasteiger partial charge in [-0.2, -0.15) is 0 Å². The van der Waals surface area contributed by atoms with Gasteiger partial charge in [0, 0.05) is 30.7 Å². The number of aromatic nitrogens is 2. The molecule has 1 aliphatic rings. The second-order valence-corrected chi connectivity index (χ2v) is 10.9. The Bertz CT molecular complexity index is 1100. The second kappa shape index (κ2) is 9.08. The molecule has 0 unspecified atom stereocenters. The molecule has 0 bridgehead atoms. The summed E-state index contributed by atoms with van der Waals surface area (Å²) in [6.45, 7) is 5.47. The molecule has 2 aromatic rings. The van der Waals surface area contributed by atoms with E-state index in [1.165, 1.54) is 21.9 Å². The molecule has 32 heavy (non-hydrogen) atoms. The number of thiazole rings is 1. The van der Waals surface area contributed by atoms with Gasteiger partial charge in [0.25, 0.3) is 10.0 Å². The van der Waals surface area contributed by atoms with Gasteiger partial charge in [0.1, 0.15) is 16.3 Å². The number of hydrogen-bond donors (Lipinski definition) is 2. The molecular weight excluding hydrogens is 482 g/mol. The molecule has 1 saturated heterocycles. The van der Waals surface area contributed by atoms with E-state index in [9.17, 15) is 18.0 Å². The van der Waals surface area contributed by atoms with E-state index in [0.717, 1.165) is 17.5 Å². The van der Waals surface area contributed by atoms with Crippen molar-refractivity contribution in [1.82, 2.24) is 14.9 Å². The number of anilines is 2. The van der Waals surface area contributed by atoms with Crippen molar-refractivity contribution in [2.45, 2.75) is 43.7 Å². The van der Waals surface area contributed by atoms with Crippen LogP contribution in [-0.2, 0) is 14.8 Å². The Kier molecular flexibility index (Phi) is 6.81. The molecule has 1 fully saturated rings. The summed E-state index contributed by atoms with van der Waals surface area (Å²) in [5, 5.41) is 13.5. The predicted octanol–water partition coefficient (Wildman–Crippen LogP) is 3.49. The first kappa shape index (κ1) is 24.0. The van der Waals surface area contributed by atoms with Gasteiger partial charge in [0.05, 0.1) is 10.5 Å². The lowest BCUT2D eigenvalue weighted by atomic mass is 10.2. The molecule has 174 valence electrons. The van der Waals surface area contributed by atoms with Crippen molar-refractivity contribution in [1.29, 1.82) is 0 Å². The summed E-state index contributed by atoms with van der Waals surface area (Å²) < 4.78 is 32.3. The summed E-state index contributed by atoms with van der Waals surface area (Å²) in [7, 11) is -4.44. The van der Waals surface area contributed by atoms with Crippen molar-refractivity contribution >= 4 is 56.8 Å². The number of likely N-dealkylation sites (tertiary alicyclic amines) is 1. The second-order valence-electron chi connectivity index (χ2n) is 7.96. The standard InChI is InChI=1S/C18H22ClN5O6S2/c1-18(2,3)30-17(27)24(14-9-31-10-21-14)32(28,29)12-6-13(19)15(20-7-12)22-11-4-5-23(8-11)16(25)26/h6-7,9-11H,4-5,8H2,1-3H3,(H,20,22)(H,25,26)/t11-/m0/s1. The van der Waals surface area contributed by atoms with E-state index in [0.29, 0.717) is 17.3 Å². The molecule has 1 aliphatic heterocycles. The minimum Gasteiger partial charge on any atom is -0.465 e. The topological polar surface area (TPSA) is 142 Å². The molecule has 0 spiro atoms. The third-order valence-corrected chi connectivity index (χ3v) is 6.84. The van der Waals surface area contributed by atoms with Crippen molar-refractivity contribution in [3.63, 3.8) is 0 Å². The van der Waals surface area contributed by atoms with E-state index in [-0.39, 0.29) is 34.1 Å². The first-order chi connectivity index (χ1) is 14.9. The Labute approximate surface area is 194 Å². The SMILES string of the molecule is CC(C)(C)OC(=O)N(c1cscn1)S(=O)(=O)c1cnc(N[C@H]2CCN(C(=O)O)C2)c(Cl)c1.